The number of benzene rings is 1. The zero-order chi connectivity index (χ0) is 9.73. The van der Waals surface area contributed by atoms with Gasteiger partial charge >= 0.3 is 0 Å². The van der Waals surface area contributed by atoms with Gasteiger partial charge in [0.05, 0.1) is 0 Å². The van der Waals surface area contributed by atoms with Crippen molar-refractivity contribution in [1.29, 1.82) is 0 Å². The van der Waals surface area contributed by atoms with Crippen molar-refractivity contribution in [2.45, 2.75) is 5.75 Å². The lowest BCUT2D eigenvalue weighted by Crippen LogP contribution is -2.17. The summed E-state index contributed by atoms with van der Waals surface area (Å²) in [6.45, 7) is 0. The van der Waals surface area contributed by atoms with Crippen LogP contribution in [-0.2, 0) is 20.2 Å². The minimum Gasteiger partial charge on any atom is -0.198 e. The maximum absolute atomic E-state index is 11.1. The van der Waals surface area contributed by atoms with Crippen molar-refractivity contribution >= 4 is 10.1 Å². The van der Waals surface area contributed by atoms with Crippen LogP contribution in [0.15, 0.2) is 30.3 Å². The van der Waals surface area contributed by atoms with E-state index in [1.807, 2.05) is 6.07 Å². The van der Waals surface area contributed by atoms with Crippen LogP contribution < -0.4 is 5.48 Å². The Bertz CT molecular complexity index is 347. The lowest BCUT2D eigenvalue weighted by atomic mass is 10.2. The van der Waals surface area contributed by atoms with Crippen LogP contribution in [0, 0.1) is 0 Å². The van der Waals surface area contributed by atoms with Gasteiger partial charge in [-0.3, -0.25) is 0 Å². The monoisotopic (exact) mass is 201 g/mol. The Labute approximate surface area is 77.6 Å². The van der Waals surface area contributed by atoms with E-state index in [-0.39, 0.29) is 5.75 Å². The molecule has 0 amide bonds. The number of nitrogens with one attached hydrogen (secondary N) is 1. The highest BCUT2D eigenvalue weighted by molar-refractivity contribution is 7.85. The Kier molecular flexibility index (Phi) is 3.41. The van der Waals surface area contributed by atoms with Crippen LogP contribution in [-0.4, -0.2) is 15.5 Å². The van der Waals surface area contributed by atoms with Crippen LogP contribution in [0.1, 0.15) is 5.56 Å². The number of hydrogen-bond acceptors (Lipinski definition) is 4. The van der Waals surface area contributed by atoms with Crippen LogP contribution in [0.25, 0.3) is 0 Å². The highest BCUT2D eigenvalue weighted by Crippen LogP contribution is 2.05. The summed E-state index contributed by atoms with van der Waals surface area (Å²) in [4.78, 5) is 0. The Morgan fingerprint density at radius 3 is 2.46 bits per heavy atom. The molecule has 0 saturated carbocycles. The summed E-state index contributed by atoms with van der Waals surface area (Å²) in [6, 6.07) is 8.86. The molecule has 72 valence electrons. The molecule has 0 bridgehead atoms. The van der Waals surface area contributed by atoms with E-state index in [9.17, 15) is 8.42 Å². The Hall–Kier alpha value is -0.910. The Morgan fingerprint density at radius 1 is 1.31 bits per heavy atom. The van der Waals surface area contributed by atoms with Gasteiger partial charge in [-0.2, -0.15) is 18.2 Å². The van der Waals surface area contributed by atoms with Gasteiger partial charge in [-0.25, -0.2) is 0 Å². The molecule has 0 heterocycles. The number of hydroxylamine groups is 1. The predicted octanol–water partition coefficient (Wildman–Crippen LogP) is 0.667. The summed E-state index contributed by atoms with van der Waals surface area (Å²) in [7, 11) is -2.09. The van der Waals surface area contributed by atoms with Gasteiger partial charge in [-0.15, -0.1) is 0 Å². The molecule has 0 fully saturated rings. The highest BCUT2D eigenvalue weighted by atomic mass is 32.2. The van der Waals surface area contributed by atoms with E-state index >= 15 is 0 Å². The second-order valence-electron chi connectivity index (χ2n) is 2.48. The first kappa shape index (κ1) is 10.2. The van der Waals surface area contributed by atoms with E-state index in [4.69, 9.17) is 0 Å². The molecule has 0 atom stereocenters. The zero-order valence-electron chi connectivity index (χ0n) is 7.23. The lowest BCUT2D eigenvalue weighted by molar-refractivity contribution is 0.231. The summed E-state index contributed by atoms with van der Waals surface area (Å²) < 4.78 is 26.6. The molecule has 4 nitrogen and oxygen atoms in total. The molecule has 1 rings (SSSR count). The molecule has 0 radical (unpaired) electrons. The van der Waals surface area contributed by atoms with Crippen LogP contribution in [0.3, 0.4) is 0 Å². The van der Waals surface area contributed by atoms with E-state index in [2.05, 4.69) is 9.76 Å². The summed E-state index contributed by atoms with van der Waals surface area (Å²) >= 11 is 0. The van der Waals surface area contributed by atoms with Crippen molar-refractivity contribution < 1.29 is 12.7 Å². The number of hydrogen-bond donors (Lipinski definition) is 1. The fourth-order valence-electron chi connectivity index (χ4n) is 0.935. The van der Waals surface area contributed by atoms with Gasteiger partial charge in [0.25, 0.3) is 10.1 Å². The van der Waals surface area contributed by atoms with Crippen molar-refractivity contribution in [2.75, 3.05) is 7.05 Å². The van der Waals surface area contributed by atoms with Crippen molar-refractivity contribution in [3.63, 3.8) is 0 Å². The minimum absolute atomic E-state index is 0.116. The van der Waals surface area contributed by atoms with Crippen molar-refractivity contribution in [1.82, 2.24) is 5.48 Å². The zero-order valence-corrected chi connectivity index (χ0v) is 8.04. The largest absolute Gasteiger partial charge is 0.287 e. The van der Waals surface area contributed by atoms with Crippen molar-refractivity contribution in [2.24, 2.45) is 0 Å². The normalized spacial score (nSPS) is 11.5. The first-order chi connectivity index (χ1) is 6.14. The van der Waals surface area contributed by atoms with Crippen LogP contribution in [0.2, 0.25) is 0 Å². The molecule has 0 unspecified atom stereocenters. The SMILES string of the molecule is CNOS(=O)(=O)Cc1ccccc1. The van der Waals surface area contributed by atoms with E-state index in [1.165, 1.54) is 7.05 Å². The first-order valence-electron chi connectivity index (χ1n) is 3.76. The summed E-state index contributed by atoms with van der Waals surface area (Å²) in [5.74, 6) is -0.116. The van der Waals surface area contributed by atoms with E-state index < -0.39 is 10.1 Å². The average Bonchev–Trinajstić information content (AvgIpc) is 2.04. The number of rotatable bonds is 4. The van der Waals surface area contributed by atoms with Gasteiger partial charge in [0, 0.05) is 7.05 Å². The van der Waals surface area contributed by atoms with Gasteiger partial charge in [0.2, 0.25) is 0 Å². The maximum atomic E-state index is 11.1. The molecule has 0 saturated heterocycles. The fourth-order valence-corrected chi connectivity index (χ4v) is 1.85. The molecular weight excluding hydrogens is 190 g/mol. The standard InChI is InChI=1S/C8H11NO3S/c1-9-12-13(10,11)7-8-5-3-2-4-6-8/h2-6,9H,7H2,1H3. The molecule has 0 spiro atoms. The maximum Gasteiger partial charge on any atom is 0.287 e. The van der Waals surface area contributed by atoms with Gasteiger partial charge in [0.15, 0.2) is 0 Å². The van der Waals surface area contributed by atoms with Gasteiger partial charge < -0.3 is 0 Å². The Balaban J connectivity index is 2.70. The molecule has 0 aromatic heterocycles. The molecule has 0 aliphatic rings. The van der Waals surface area contributed by atoms with Gasteiger partial charge in [-0.05, 0) is 5.56 Å². The molecule has 1 N–H and O–H groups in total. The summed E-state index contributed by atoms with van der Waals surface area (Å²) in [5, 5.41) is 0. The van der Waals surface area contributed by atoms with Gasteiger partial charge in [0.1, 0.15) is 5.75 Å². The van der Waals surface area contributed by atoms with Crippen molar-refractivity contribution in [3.05, 3.63) is 35.9 Å². The Morgan fingerprint density at radius 2 is 1.92 bits per heavy atom. The van der Waals surface area contributed by atoms with E-state index in [0.717, 1.165) is 0 Å². The fraction of sp³-hybridized carbons (Fsp3) is 0.250. The third-order valence-corrected chi connectivity index (χ3v) is 2.50. The van der Waals surface area contributed by atoms with Gasteiger partial charge in [-0.1, -0.05) is 30.3 Å². The molecular formula is C8H11NO3S. The summed E-state index contributed by atoms with van der Waals surface area (Å²) in [6.07, 6.45) is 0. The third-order valence-electron chi connectivity index (χ3n) is 1.40. The summed E-state index contributed by atoms with van der Waals surface area (Å²) in [5.41, 5.74) is 2.85. The van der Waals surface area contributed by atoms with Crippen LogP contribution >= 0.6 is 0 Å². The van der Waals surface area contributed by atoms with E-state index in [0.29, 0.717) is 5.56 Å². The predicted molar refractivity (Wildman–Crippen MR) is 49.2 cm³/mol. The molecule has 0 aliphatic carbocycles. The smallest absolute Gasteiger partial charge is 0.198 e. The quantitative estimate of drug-likeness (QED) is 0.727. The average molecular weight is 201 g/mol. The van der Waals surface area contributed by atoms with Crippen molar-refractivity contribution in [3.8, 4) is 0 Å². The van der Waals surface area contributed by atoms with Crippen LogP contribution in [0.5, 0.6) is 0 Å². The van der Waals surface area contributed by atoms with E-state index in [1.54, 1.807) is 24.3 Å². The minimum atomic E-state index is -3.50. The first-order valence-corrected chi connectivity index (χ1v) is 5.33. The molecule has 0 aliphatic heterocycles. The highest BCUT2D eigenvalue weighted by Gasteiger charge is 2.10. The lowest BCUT2D eigenvalue weighted by Gasteiger charge is -2.02. The van der Waals surface area contributed by atoms with Crippen LogP contribution in [0.4, 0.5) is 0 Å². The molecule has 5 heteroatoms. The third kappa shape index (κ3) is 3.54. The second-order valence-corrected chi connectivity index (χ2v) is 4.05. The topological polar surface area (TPSA) is 55.4 Å². The second kappa shape index (κ2) is 4.36. The molecule has 1 aromatic carbocycles. The molecule has 1 aromatic rings. The molecule has 13 heavy (non-hydrogen) atoms.